The van der Waals surface area contributed by atoms with Crippen LogP contribution in [0.4, 0.5) is 10.5 Å². The summed E-state index contributed by atoms with van der Waals surface area (Å²) in [7, 11) is -2.96. The number of hydrogen-bond acceptors (Lipinski definition) is 8. The largest absolute Gasteiger partial charge is 0.493 e. The smallest absolute Gasteiger partial charge is 0.339 e. The van der Waals surface area contributed by atoms with Crippen LogP contribution in [0.15, 0.2) is 82.6 Å². The van der Waals surface area contributed by atoms with Gasteiger partial charge in [0.1, 0.15) is 11.4 Å². The number of anilines is 1. The number of nitrogens with one attached hydrogen (secondary N) is 1. The first-order valence-corrected chi connectivity index (χ1v) is 13.3. The van der Waals surface area contributed by atoms with Gasteiger partial charge in [-0.3, -0.25) is 19.3 Å². The number of carbonyl (C=O) groups is 3. The van der Waals surface area contributed by atoms with E-state index in [4.69, 9.17) is 20.5 Å². The second kappa shape index (κ2) is 11.1. The van der Waals surface area contributed by atoms with Gasteiger partial charge in [0.05, 0.1) is 12.0 Å². The summed E-state index contributed by atoms with van der Waals surface area (Å²) < 4.78 is 36.4. The first-order chi connectivity index (χ1) is 17.7. The molecule has 1 aliphatic heterocycles. The Balaban J connectivity index is 1.59. The number of carbonyl (C=O) groups excluding carboxylic acids is 3. The second-order valence-electron chi connectivity index (χ2n) is 7.55. The molecule has 1 aliphatic rings. The van der Waals surface area contributed by atoms with E-state index < -0.39 is 33.7 Å². The van der Waals surface area contributed by atoms with Gasteiger partial charge in [-0.2, -0.15) is 8.42 Å². The molecule has 0 aliphatic carbocycles. The summed E-state index contributed by atoms with van der Waals surface area (Å²) in [6.07, 6.45) is 1.31. The van der Waals surface area contributed by atoms with Gasteiger partial charge in [-0.05, 0) is 60.3 Å². The average Bonchev–Trinajstić information content (AvgIpc) is 3.13. The fourth-order valence-corrected chi connectivity index (χ4v) is 5.22. The van der Waals surface area contributed by atoms with Crippen LogP contribution < -0.4 is 14.2 Å². The van der Waals surface area contributed by atoms with Crippen molar-refractivity contribution in [2.45, 2.75) is 4.90 Å². The third-order valence-corrected chi connectivity index (χ3v) is 7.44. The Hall–Kier alpha value is -3.80. The lowest BCUT2D eigenvalue weighted by Gasteiger charge is -2.14. The molecule has 1 N–H and O–H groups in total. The number of methoxy groups -OCH3 is 1. The number of hydrogen-bond donors (Lipinski definition) is 1. The van der Waals surface area contributed by atoms with Crippen molar-refractivity contribution in [2.24, 2.45) is 0 Å². The highest BCUT2D eigenvalue weighted by Crippen LogP contribution is 2.38. The molecule has 9 nitrogen and oxygen atoms in total. The van der Waals surface area contributed by atoms with Crippen LogP contribution in [0.5, 0.6) is 11.5 Å². The molecule has 1 saturated heterocycles. The highest BCUT2D eigenvalue weighted by atomic mass is 35.5. The first kappa shape index (κ1) is 26.3. The number of imide groups is 1. The summed E-state index contributed by atoms with van der Waals surface area (Å²) in [5, 5.41) is 2.33. The molecule has 0 aromatic heterocycles. The lowest BCUT2D eigenvalue weighted by Crippen LogP contribution is -2.36. The number of thioether (sulfide) groups is 1. The van der Waals surface area contributed by atoms with Crippen LogP contribution in [0.2, 0.25) is 5.02 Å². The molecule has 0 saturated carbocycles. The van der Waals surface area contributed by atoms with Gasteiger partial charge >= 0.3 is 10.1 Å². The van der Waals surface area contributed by atoms with E-state index in [0.29, 0.717) is 22.5 Å². The first-order valence-electron chi connectivity index (χ1n) is 10.7. The zero-order valence-corrected chi connectivity index (χ0v) is 21.6. The maximum atomic E-state index is 12.9. The molecule has 0 bridgehead atoms. The van der Waals surface area contributed by atoms with E-state index >= 15 is 0 Å². The highest BCUT2D eigenvalue weighted by molar-refractivity contribution is 8.18. The van der Waals surface area contributed by atoms with Crippen molar-refractivity contribution in [3.8, 4) is 11.5 Å². The van der Waals surface area contributed by atoms with Crippen molar-refractivity contribution in [1.29, 1.82) is 0 Å². The van der Waals surface area contributed by atoms with Gasteiger partial charge in [-0.15, -0.1) is 0 Å². The van der Waals surface area contributed by atoms with E-state index in [2.05, 4.69) is 5.32 Å². The van der Waals surface area contributed by atoms with Crippen LogP contribution in [-0.4, -0.2) is 44.0 Å². The minimum atomic E-state index is -4.29. The van der Waals surface area contributed by atoms with Crippen molar-refractivity contribution in [3.05, 3.63) is 88.3 Å². The molecule has 37 heavy (non-hydrogen) atoms. The average molecular weight is 559 g/mol. The van der Waals surface area contributed by atoms with E-state index in [0.717, 1.165) is 4.90 Å². The maximum absolute atomic E-state index is 12.9. The molecule has 190 valence electrons. The van der Waals surface area contributed by atoms with Crippen LogP contribution in [0, 0.1) is 0 Å². The predicted octanol–water partition coefficient (Wildman–Crippen LogP) is 4.79. The number of halogens is 1. The van der Waals surface area contributed by atoms with Gasteiger partial charge in [0.25, 0.3) is 11.1 Å². The Labute approximate surface area is 222 Å². The minimum Gasteiger partial charge on any atom is -0.493 e. The molecule has 3 aromatic rings. The standard InChI is InChI=1S/C25H19ClN2O7S2/c1-34-20-9-5-6-16(23(20)35-37(32,33)19-12-10-17(26)11-13-19)14-21-24(30)28(25(31)36-21)15-22(29)27-18-7-3-2-4-8-18/h2-14H,15H2,1H3,(H,27,29)/b21-14-. The van der Waals surface area contributed by atoms with Crippen LogP contribution in [0.3, 0.4) is 0 Å². The maximum Gasteiger partial charge on any atom is 0.339 e. The molecule has 1 fully saturated rings. The number of benzene rings is 3. The molecule has 0 spiro atoms. The second-order valence-corrected chi connectivity index (χ2v) is 10.5. The monoisotopic (exact) mass is 558 g/mol. The number of amides is 3. The van der Waals surface area contributed by atoms with Gasteiger partial charge in [-0.25, -0.2) is 0 Å². The molecular formula is C25H19ClN2O7S2. The number of rotatable bonds is 8. The van der Waals surface area contributed by atoms with Gasteiger partial charge in [0.15, 0.2) is 11.5 Å². The van der Waals surface area contributed by atoms with Gasteiger partial charge in [0.2, 0.25) is 5.91 Å². The van der Waals surface area contributed by atoms with Crippen LogP contribution in [0.25, 0.3) is 6.08 Å². The van der Waals surface area contributed by atoms with Crippen molar-refractivity contribution in [3.63, 3.8) is 0 Å². The van der Waals surface area contributed by atoms with Crippen LogP contribution in [0.1, 0.15) is 5.56 Å². The fourth-order valence-electron chi connectivity index (χ4n) is 3.30. The van der Waals surface area contributed by atoms with Gasteiger partial charge in [0, 0.05) is 16.3 Å². The Morgan fingerprint density at radius 3 is 2.41 bits per heavy atom. The number of ether oxygens (including phenoxy) is 1. The van der Waals surface area contributed by atoms with Crippen LogP contribution >= 0.6 is 23.4 Å². The van der Waals surface area contributed by atoms with Crippen molar-refractivity contribution < 1.29 is 31.7 Å². The Kier molecular flexibility index (Phi) is 7.86. The highest BCUT2D eigenvalue weighted by Gasteiger charge is 2.36. The summed E-state index contributed by atoms with van der Waals surface area (Å²) in [5.41, 5.74) is 0.700. The zero-order chi connectivity index (χ0) is 26.6. The summed E-state index contributed by atoms with van der Waals surface area (Å²) in [4.78, 5) is 38.5. The molecule has 3 aromatic carbocycles. The summed E-state index contributed by atoms with van der Waals surface area (Å²) in [6.45, 7) is -0.483. The Bertz CT molecular complexity index is 1490. The van der Waals surface area contributed by atoms with E-state index in [-0.39, 0.29) is 26.9 Å². The lowest BCUT2D eigenvalue weighted by molar-refractivity contribution is -0.127. The molecule has 12 heteroatoms. The third kappa shape index (κ3) is 6.13. The quantitative estimate of drug-likeness (QED) is 0.309. The van der Waals surface area contributed by atoms with Crippen molar-refractivity contribution in [2.75, 3.05) is 19.0 Å². The molecule has 0 radical (unpaired) electrons. The summed E-state index contributed by atoms with van der Waals surface area (Å²) in [5.74, 6) is -1.33. The number of nitrogens with zero attached hydrogens (tertiary/aromatic N) is 1. The summed E-state index contributed by atoms with van der Waals surface area (Å²) in [6, 6.07) is 18.6. The molecular weight excluding hydrogens is 540 g/mol. The SMILES string of the molecule is COc1cccc(/C=C2\SC(=O)N(CC(=O)Nc3ccccc3)C2=O)c1OS(=O)(=O)c1ccc(Cl)cc1. The van der Waals surface area contributed by atoms with E-state index in [9.17, 15) is 22.8 Å². The molecule has 0 atom stereocenters. The number of para-hydroxylation sites is 2. The van der Waals surface area contributed by atoms with Crippen LogP contribution in [-0.2, 0) is 19.7 Å². The van der Waals surface area contributed by atoms with Crippen molar-refractivity contribution in [1.82, 2.24) is 4.90 Å². The minimum absolute atomic E-state index is 0.0143. The zero-order valence-electron chi connectivity index (χ0n) is 19.2. The van der Waals surface area contributed by atoms with E-state index in [1.54, 1.807) is 36.4 Å². The van der Waals surface area contributed by atoms with Gasteiger partial charge < -0.3 is 14.2 Å². The van der Waals surface area contributed by atoms with E-state index in [1.807, 2.05) is 0 Å². The third-order valence-electron chi connectivity index (χ3n) is 5.04. The Morgan fingerprint density at radius 2 is 1.73 bits per heavy atom. The predicted molar refractivity (Wildman–Crippen MR) is 140 cm³/mol. The van der Waals surface area contributed by atoms with E-state index in [1.165, 1.54) is 49.6 Å². The summed E-state index contributed by atoms with van der Waals surface area (Å²) >= 11 is 6.47. The van der Waals surface area contributed by atoms with Gasteiger partial charge in [-0.1, -0.05) is 41.9 Å². The van der Waals surface area contributed by atoms with Crippen molar-refractivity contribution >= 4 is 62.3 Å². The Morgan fingerprint density at radius 1 is 1.03 bits per heavy atom. The molecule has 1 heterocycles. The lowest BCUT2D eigenvalue weighted by atomic mass is 10.1. The molecule has 4 rings (SSSR count). The molecule has 0 unspecified atom stereocenters. The molecule has 3 amide bonds. The normalized spacial score (nSPS) is 14.6. The topological polar surface area (TPSA) is 119 Å². The fraction of sp³-hybridized carbons (Fsp3) is 0.0800.